The molecule has 9 nitrogen and oxygen atoms in total. The van der Waals surface area contributed by atoms with Crippen molar-refractivity contribution in [3.8, 4) is 0 Å². The molecule has 1 saturated heterocycles. The van der Waals surface area contributed by atoms with E-state index >= 15 is 0 Å². The minimum Gasteiger partial charge on any atom is -0.368 e. The Morgan fingerprint density at radius 2 is 1.60 bits per heavy atom. The zero-order chi connectivity index (χ0) is 25.2. The number of hydrogen-bond donors (Lipinski definition) is 1. The third kappa shape index (κ3) is 5.38. The summed E-state index contributed by atoms with van der Waals surface area (Å²) in [4.78, 5) is 26.5. The number of sulfonamides is 1. The second kappa shape index (κ2) is 9.66. The Labute approximate surface area is 199 Å². The average Bonchev–Trinajstić information content (AvgIpc) is 2.85. The summed E-state index contributed by atoms with van der Waals surface area (Å²) >= 11 is 0. The maximum Gasteiger partial charge on any atom is 0.269 e. The summed E-state index contributed by atoms with van der Waals surface area (Å²) in [5.41, 5.74) is 1.18. The molecule has 0 spiro atoms. The fourth-order valence-electron chi connectivity index (χ4n) is 3.71. The Balaban J connectivity index is 1.42. The van der Waals surface area contributed by atoms with Gasteiger partial charge in [0, 0.05) is 55.2 Å². The number of halogens is 2. The van der Waals surface area contributed by atoms with Crippen LogP contribution in [0.2, 0.25) is 0 Å². The molecule has 12 heteroatoms. The number of anilines is 2. The maximum absolute atomic E-state index is 13.5. The van der Waals surface area contributed by atoms with Crippen LogP contribution in [-0.4, -0.2) is 50.3 Å². The quantitative estimate of drug-likeness (QED) is 0.407. The Bertz CT molecular complexity index is 1370. The predicted octanol–water partition coefficient (Wildman–Crippen LogP) is 3.64. The molecule has 1 aliphatic rings. The van der Waals surface area contributed by atoms with Crippen LogP contribution in [0.1, 0.15) is 10.4 Å². The molecule has 1 N–H and O–H groups in total. The van der Waals surface area contributed by atoms with Crippen molar-refractivity contribution < 1.29 is 26.9 Å². The number of nitro groups is 1. The lowest BCUT2D eigenvalue weighted by atomic mass is 10.1. The number of non-ortho nitro benzene ring substituents is 1. The van der Waals surface area contributed by atoms with Gasteiger partial charge in [-0.15, -0.1) is 0 Å². The van der Waals surface area contributed by atoms with E-state index < -0.39 is 31.5 Å². The molecule has 0 saturated carbocycles. The Morgan fingerprint density at radius 3 is 2.23 bits per heavy atom. The van der Waals surface area contributed by atoms with E-state index in [9.17, 15) is 32.1 Å². The van der Waals surface area contributed by atoms with Crippen molar-refractivity contribution in [1.82, 2.24) is 4.90 Å². The van der Waals surface area contributed by atoms with Crippen LogP contribution in [0.15, 0.2) is 71.6 Å². The lowest BCUT2D eigenvalue weighted by molar-refractivity contribution is -0.384. The third-order valence-corrected chi connectivity index (χ3v) is 6.93. The van der Waals surface area contributed by atoms with Gasteiger partial charge in [0.25, 0.3) is 21.6 Å². The van der Waals surface area contributed by atoms with Gasteiger partial charge in [-0.3, -0.25) is 19.6 Å². The van der Waals surface area contributed by atoms with Gasteiger partial charge >= 0.3 is 0 Å². The lowest BCUT2D eigenvalue weighted by Crippen LogP contribution is -2.48. The number of carbonyl (C=O) groups is 1. The van der Waals surface area contributed by atoms with Gasteiger partial charge in [-0.25, -0.2) is 17.2 Å². The topological polar surface area (TPSA) is 113 Å². The van der Waals surface area contributed by atoms with Crippen LogP contribution < -0.4 is 9.62 Å². The molecule has 0 aliphatic carbocycles. The molecule has 1 heterocycles. The highest BCUT2D eigenvalue weighted by Gasteiger charge is 2.24. The molecule has 4 rings (SSSR count). The monoisotopic (exact) mass is 502 g/mol. The summed E-state index contributed by atoms with van der Waals surface area (Å²) in [5, 5.41) is 10.8. The maximum atomic E-state index is 13.5. The molecule has 1 aliphatic heterocycles. The first-order chi connectivity index (χ1) is 16.6. The summed E-state index contributed by atoms with van der Waals surface area (Å²) in [7, 11) is -4.20. The van der Waals surface area contributed by atoms with Crippen LogP contribution in [0.3, 0.4) is 0 Å². The van der Waals surface area contributed by atoms with E-state index in [2.05, 4.69) is 4.72 Å². The Morgan fingerprint density at radius 1 is 0.914 bits per heavy atom. The third-order valence-electron chi connectivity index (χ3n) is 5.56. The van der Waals surface area contributed by atoms with Crippen molar-refractivity contribution in [2.24, 2.45) is 0 Å². The molecule has 0 bridgehead atoms. The molecule has 35 heavy (non-hydrogen) atoms. The lowest BCUT2D eigenvalue weighted by Gasteiger charge is -2.36. The van der Waals surface area contributed by atoms with E-state index in [-0.39, 0.29) is 22.8 Å². The van der Waals surface area contributed by atoms with Crippen LogP contribution >= 0.6 is 0 Å². The van der Waals surface area contributed by atoms with E-state index in [1.165, 1.54) is 30.3 Å². The second-order valence-electron chi connectivity index (χ2n) is 7.81. The van der Waals surface area contributed by atoms with E-state index in [0.29, 0.717) is 32.2 Å². The first-order valence-electron chi connectivity index (χ1n) is 10.5. The summed E-state index contributed by atoms with van der Waals surface area (Å²) in [6.07, 6.45) is 0. The highest BCUT2D eigenvalue weighted by Crippen LogP contribution is 2.23. The van der Waals surface area contributed by atoms with Gasteiger partial charge in [-0.1, -0.05) is 6.07 Å². The Hall–Kier alpha value is -4.06. The fourth-order valence-corrected chi connectivity index (χ4v) is 4.77. The zero-order valence-electron chi connectivity index (χ0n) is 18.2. The van der Waals surface area contributed by atoms with Crippen molar-refractivity contribution in [1.29, 1.82) is 0 Å². The van der Waals surface area contributed by atoms with Crippen LogP contribution in [0.4, 0.5) is 25.8 Å². The van der Waals surface area contributed by atoms with Gasteiger partial charge in [0.2, 0.25) is 0 Å². The fraction of sp³-hybridized carbons (Fsp3) is 0.174. The minimum atomic E-state index is -4.20. The van der Waals surface area contributed by atoms with Crippen molar-refractivity contribution in [2.75, 3.05) is 35.8 Å². The molecule has 3 aromatic rings. The number of nitrogens with one attached hydrogen (secondary N) is 1. The van der Waals surface area contributed by atoms with Crippen LogP contribution in [0, 0.1) is 21.7 Å². The zero-order valence-corrected chi connectivity index (χ0v) is 19.0. The van der Waals surface area contributed by atoms with Gasteiger partial charge in [-0.2, -0.15) is 0 Å². The predicted molar refractivity (Wildman–Crippen MR) is 125 cm³/mol. The molecule has 1 fully saturated rings. The smallest absolute Gasteiger partial charge is 0.269 e. The second-order valence-corrected chi connectivity index (χ2v) is 9.50. The minimum absolute atomic E-state index is 0.00244. The SMILES string of the molecule is O=C(c1cccc(NS(=O)(=O)c2ccc(F)c(F)c2)c1)N1CCN(c2ccc([N+](=O)[O-])cc2)CC1. The summed E-state index contributed by atoms with van der Waals surface area (Å²) in [6, 6.07) is 14.3. The molecule has 0 atom stereocenters. The van der Waals surface area contributed by atoms with Crippen LogP contribution in [0.25, 0.3) is 0 Å². The number of benzene rings is 3. The van der Waals surface area contributed by atoms with Crippen molar-refractivity contribution in [2.45, 2.75) is 4.90 Å². The highest BCUT2D eigenvalue weighted by atomic mass is 32.2. The summed E-state index contributed by atoms with van der Waals surface area (Å²) in [5.74, 6) is -2.74. The van der Waals surface area contributed by atoms with Gasteiger partial charge in [0.05, 0.1) is 9.82 Å². The number of nitro benzene ring substituents is 1. The van der Waals surface area contributed by atoms with Gasteiger partial charge < -0.3 is 9.80 Å². The highest BCUT2D eigenvalue weighted by molar-refractivity contribution is 7.92. The van der Waals surface area contributed by atoms with Gasteiger partial charge in [-0.05, 0) is 48.5 Å². The van der Waals surface area contributed by atoms with Crippen molar-refractivity contribution >= 4 is 33.0 Å². The number of hydrogen-bond acceptors (Lipinski definition) is 6. The first-order valence-corrected chi connectivity index (χ1v) is 12.0. The normalized spacial score (nSPS) is 14.0. The molecular weight excluding hydrogens is 482 g/mol. The average molecular weight is 502 g/mol. The van der Waals surface area contributed by atoms with Crippen molar-refractivity contribution in [3.05, 3.63) is 94.0 Å². The van der Waals surface area contributed by atoms with E-state index in [4.69, 9.17) is 0 Å². The summed E-state index contributed by atoms with van der Waals surface area (Å²) < 4.78 is 54.0. The Kier molecular flexibility index (Phi) is 6.65. The number of rotatable bonds is 6. The van der Waals surface area contributed by atoms with Crippen LogP contribution in [0.5, 0.6) is 0 Å². The largest absolute Gasteiger partial charge is 0.368 e. The molecule has 0 aromatic heterocycles. The van der Waals surface area contributed by atoms with Gasteiger partial charge in [0.15, 0.2) is 11.6 Å². The van der Waals surface area contributed by atoms with Gasteiger partial charge in [0.1, 0.15) is 0 Å². The van der Waals surface area contributed by atoms with E-state index in [1.807, 2.05) is 4.90 Å². The number of nitrogens with zero attached hydrogens (tertiary/aromatic N) is 3. The molecule has 0 unspecified atom stereocenters. The first kappa shape index (κ1) is 24.1. The molecule has 0 radical (unpaired) electrons. The van der Waals surface area contributed by atoms with E-state index in [0.717, 1.165) is 17.8 Å². The number of piperazine rings is 1. The molecular formula is C23H20F2N4O5S. The summed E-state index contributed by atoms with van der Waals surface area (Å²) in [6.45, 7) is 1.85. The molecule has 3 aromatic carbocycles. The number of amides is 1. The molecule has 1 amide bonds. The molecule has 182 valence electrons. The van der Waals surface area contributed by atoms with Crippen LogP contribution in [-0.2, 0) is 10.0 Å². The van der Waals surface area contributed by atoms with Crippen molar-refractivity contribution in [3.63, 3.8) is 0 Å². The standard InChI is InChI=1S/C23H20F2N4O5S/c24-21-9-8-20(15-22(21)25)35(33,34)26-17-3-1-2-16(14-17)23(30)28-12-10-27(11-13-28)18-4-6-19(7-5-18)29(31)32/h1-9,14-15,26H,10-13H2. The van der Waals surface area contributed by atoms with E-state index in [1.54, 1.807) is 23.1 Å². The number of carbonyl (C=O) groups excluding carboxylic acids is 1.